The normalized spacial score (nSPS) is 13.5. The molecule has 2 aromatic carbocycles. The predicted molar refractivity (Wildman–Crippen MR) is 125 cm³/mol. The molecule has 0 radical (unpaired) electrons. The summed E-state index contributed by atoms with van der Waals surface area (Å²) in [5.41, 5.74) is 3.62. The molecule has 7 nitrogen and oxygen atoms in total. The zero-order chi connectivity index (χ0) is 23.8. The smallest absolute Gasteiger partial charge is 0.225 e. The van der Waals surface area contributed by atoms with Crippen molar-refractivity contribution in [1.29, 1.82) is 10.5 Å². The Labute approximate surface area is 195 Å². The van der Waals surface area contributed by atoms with Crippen LogP contribution in [0.15, 0.2) is 30.3 Å². The number of nitrogens with one attached hydrogen (secondary N) is 2. The van der Waals surface area contributed by atoms with Crippen LogP contribution in [0.1, 0.15) is 49.8 Å². The van der Waals surface area contributed by atoms with E-state index in [-0.39, 0.29) is 24.0 Å². The Morgan fingerprint density at radius 1 is 1.21 bits per heavy atom. The van der Waals surface area contributed by atoms with Crippen LogP contribution in [0, 0.1) is 28.6 Å². The van der Waals surface area contributed by atoms with Gasteiger partial charge in [0.1, 0.15) is 24.1 Å². The zero-order valence-electron chi connectivity index (χ0n) is 19.1. The van der Waals surface area contributed by atoms with E-state index in [0.717, 1.165) is 36.1 Å². The number of nitrogens with zero attached hydrogens (tertiary/aromatic N) is 2. The molecule has 33 heavy (non-hydrogen) atoms. The second-order valence-corrected chi connectivity index (χ2v) is 8.31. The molecule has 0 saturated heterocycles. The molecule has 2 atom stereocenters. The number of ether oxygens (including phenoxy) is 1. The lowest BCUT2D eigenvalue weighted by Gasteiger charge is -2.23. The van der Waals surface area contributed by atoms with Gasteiger partial charge in [-0.15, -0.1) is 0 Å². The minimum Gasteiger partial charge on any atom is -0.508 e. The van der Waals surface area contributed by atoms with Crippen LogP contribution in [0.4, 0.5) is 0 Å². The van der Waals surface area contributed by atoms with E-state index in [0.29, 0.717) is 36.4 Å². The SMILES string of the molecule is CCCCNCC(CC)C(=O)NC(C#N)Cc1cc2c(cc1O)-c1ccc(C#N)cc1CO2. The first-order valence-corrected chi connectivity index (χ1v) is 11.4. The Balaban J connectivity index is 1.71. The van der Waals surface area contributed by atoms with E-state index < -0.39 is 6.04 Å². The fraction of sp³-hybridized carbons (Fsp3) is 0.423. The highest BCUT2D eigenvalue weighted by Crippen LogP contribution is 2.41. The highest BCUT2D eigenvalue weighted by atomic mass is 16.5. The van der Waals surface area contributed by atoms with E-state index in [1.165, 1.54) is 0 Å². The van der Waals surface area contributed by atoms with Crippen molar-refractivity contribution in [3.63, 3.8) is 0 Å². The monoisotopic (exact) mass is 446 g/mol. The number of amides is 1. The summed E-state index contributed by atoms with van der Waals surface area (Å²) in [6.07, 6.45) is 2.99. The lowest BCUT2D eigenvalue weighted by Crippen LogP contribution is -2.42. The van der Waals surface area contributed by atoms with Crippen LogP contribution in [0.25, 0.3) is 11.1 Å². The van der Waals surface area contributed by atoms with Gasteiger partial charge in [-0.25, -0.2) is 0 Å². The number of hydrogen-bond acceptors (Lipinski definition) is 6. The van der Waals surface area contributed by atoms with Gasteiger partial charge in [0, 0.05) is 24.1 Å². The Kier molecular flexibility index (Phi) is 8.29. The molecule has 0 aliphatic carbocycles. The topological polar surface area (TPSA) is 118 Å². The number of hydrogen-bond donors (Lipinski definition) is 3. The van der Waals surface area contributed by atoms with Gasteiger partial charge in [0.05, 0.1) is 23.6 Å². The van der Waals surface area contributed by atoms with Gasteiger partial charge in [-0.3, -0.25) is 4.79 Å². The van der Waals surface area contributed by atoms with Gasteiger partial charge in [0.2, 0.25) is 5.91 Å². The number of aromatic hydroxyl groups is 1. The van der Waals surface area contributed by atoms with E-state index in [1.807, 2.05) is 13.0 Å². The zero-order valence-corrected chi connectivity index (χ0v) is 19.1. The second kappa shape index (κ2) is 11.4. The fourth-order valence-electron chi connectivity index (χ4n) is 3.94. The minimum atomic E-state index is -0.764. The van der Waals surface area contributed by atoms with Gasteiger partial charge in [0.15, 0.2) is 0 Å². The van der Waals surface area contributed by atoms with Crippen LogP contribution in [0.2, 0.25) is 0 Å². The van der Waals surface area contributed by atoms with E-state index in [2.05, 4.69) is 29.7 Å². The van der Waals surface area contributed by atoms with Gasteiger partial charge in [-0.05, 0) is 54.8 Å². The summed E-state index contributed by atoms with van der Waals surface area (Å²) in [7, 11) is 0. The molecule has 2 aromatic rings. The van der Waals surface area contributed by atoms with Gasteiger partial charge in [0.25, 0.3) is 0 Å². The summed E-state index contributed by atoms with van der Waals surface area (Å²) >= 11 is 0. The van der Waals surface area contributed by atoms with E-state index in [1.54, 1.807) is 24.3 Å². The van der Waals surface area contributed by atoms with Crippen molar-refractivity contribution in [2.75, 3.05) is 13.1 Å². The summed E-state index contributed by atoms with van der Waals surface area (Å²) in [5, 5.41) is 35.5. The molecule has 172 valence electrons. The average molecular weight is 447 g/mol. The number of nitriles is 2. The van der Waals surface area contributed by atoms with Crippen molar-refractivity contribution in [1.82, 2.24) is 10.6 Å². The summed E-state index contributed by atoms with van der Waals surface area (Å²) in [4.78, 5) is 12.7. The fourth-order valence-corrected chi connectivity index (χ4v) is 3.94. The van der Waals surface area contributed by atoms with Crippen molar-refractivity contribution in [2.24, 2.45) is 5.92 Å². The Hall–Kier alpha value is -3.55. The maximum Gasteiger partial charge on any atom is 0.225 e. The largest absolute Gasteiger partial charge is 0.508 e. The maximum absolute atomic E-state index is 12.7. The van der Waals surface area contributed by atoms with E-state index >= 15 is 0 Å². The highest BCUT2D eigenvalue weighted by Gasteiger charge is 2.24. The van der Waals surface area contributed by atoms with Crippen LogP contribution < -0.4 is 15.4 Å². The first-order chi connectivity index (χ1) is 16.0. The molecule has 1 aliphatic rings. The Morgan fingerprint density at radius 2 is 2.03 bits per heavy atom. The number of carbonyl (C=O) groups excluding carboxylic acids is 1. The quantitative estimate of drug-likeness (QED) is 0.478. The first-order valence-electron chi connectivity index (χ1n) is 11.4. The van der Waals surface area contributed by atoms with Crippen LogP contribution in [-0.2, 0) is 17.8 Å². The molecular formula is C26H30N4O3. The van der Waals surface area contributed by atoms with Gasteiger partial charge in [-0.1, -0.05) is 26.3 Å². The molecule has 0 aromatic heterocycles. The van der Waals surface area contributed by atoms with Crippen molar-refractivity contribution >= 4 is 5.91 Å². The third kappa shape index (κ3) is 5.83. The third-order valence-electron chi connectivity index (χ3n) is 5.95. The third-order valence-corrected chi connectivity index (χ3v) is 5.95. The summed E-state index contributed by atoms with van der Waals surface area (Å²) < 4.78 is 5.86. The number of fused-ring (bicyclic) bond motifs is 3. The molecule has 3 rings (SSSR count). The van der Waals surface area contributed by atoms with Crippen LogP contribution in [0.3, 0.4) is 0 Å². The van der Waals surface area contributed by atoms with E-state index in [9.17, 15) is 15.2 Å². The predicted octanol–water partition coefficient (Wildman–Crippen LogP) is 3.79. The summed E-state index contributed by atoms with van der Waals surface area (Å²) in [6.45, 7) is 5.84. The van der Waals surface area contributed by atoms with Gasteiger partial charge in [-0.2, -0.15) is 10.5 Å². The molecule has 2 unspecified atom stereocenters. The molecule has 7 heteroatoms. The second-order valence-electron chi connectivity index (χ2n) is 8.31. The van der Waals surface area contributed by atoms with Crippen molar-refractivity contribution in [3.8, 4) is 34.8 Å². The minimum absolute atomic E-state index is 0.0392. The molecule has 0 saturated carbocycles. The molecule has 0 bridgehead atoms. The number of phenolic OH excluding ortho intramolecular Hbond substituents is 1. The molecule has 0 fully saturated rings. The van der Waals surface area contributed by atoms with E-state index in [4.69, 9.17) is 10.00 Å². The van der Waals surface area contributed by atoms with Crippen LogP contribution >= 0.6 is 0 Å². The Bertz CT molecular complexity index is 1080. The molecule has 0 spiro atoms. The highest BCUT2D eigenvalue weighted by molar-refractivity contribution is 5.80. The number of benzene rings is 2. The summed E-state index contributed by atoms with van der Waals surface area (Å²) in [6, 6.07) is 12.2. The first kappa shape index (κ1) is 24.1. The average Bonchev–Trinajstić information content (AvgIpc) is 2.83. The number of rotatable bonds is 10. The van der Waals surface area contributed by atoms with Crippen molar-refractivity contribution in [3.05, 3.63) is 47.0 Å². The van der Waals surface area contributed by atoms with Gasteiger partial charge >= 0.3 is 0 Å². The number of unbranched alkanes of at least 4 members (excludes halogenated alkanes) is 1. The van der Waals surface area contributed by atoms with Crippen LogP contribution in [-0.4, -0.2) is 30.1 Å². The standard InChI is InChI=1S/C26H30N4O3/c1-3-5-8-29-15-18(4-2)26(32)30-21(14-28)10-19-11-25-23(12-24(19)31)22-7-6-17(13-27)9-20(22)16-33-25/h6-7,9,11-12,18,21,29,31H,3-5,8,10,15-16H2,1-2H3,(H,30,32). The molecular weight excluding hydrogens is 416 g/mol. The van der Waals surface area contributed by atoms with Crippen molar-refractivity contribution in [2.45, 2.75) is 52.2 Å². The molecule has 1 amide bonds. The Morgan fingerprint density at radius 3 is 2.73 bits per heavy atom. The lowest BCUT2D eigenvalue weighted by atomic mass is 9.93. The molecule has 3 N–H and O–H groups in total. The molecule has 1 aliphatic heterocycles. The number of carbonyl (C=O) groups is 1. The van der Waals surface area contributed by atoms with Gasteiger partial charge < -0.3 is 20.5 Å². The maximum atomic E-state index is 12.7. The lowest BCUT2D eigenvalue weighted by molar-refractivity contribution is -0.125. The van der Waals surface area contributed by atoms with Crippen LogP contribution in [0.5, 0.6) is 11.5 Å². The molecule has 1 heterocycles. The summed E-state index contributed by atoms with van der Waals surface area (Å²) in [5.74, 6) is 0.267. The number of phenols is 1. The van der Waals surface area contributed by atoms with Crippen molar-refractivity contribution < 1.29 is 14.6 Å².